The van der Waals surface area contributed by atoms with Gasteiger partial charge in [0.2, 0.25) is 0 Å². The van der Waals surface area contributed by atoms with Gasteiger partial charge in [-0.15, -0.1) is 0 Å². The van der Waals surface area contributed by atoms with Gasteiger partial charge < -0.3 is 4.57 Å². The number of nitrogens with one attached hydrogen (secondary N) is 1. The van der Waals surface area contributed by atoms with Gasteiger partial charge in [-0.3, -0.25) is 4.79 Å². The second-order valence-corrected chi connectivity index (χ2v) is 8.25. The van der Waals surface area contributed by atoms with Crippen LogP contribution < -0.4 is 5.43 Å². The molecule has 35 heavy (non-hydrogen) atoms. The van der Waals surface area contributed by atoms with Gasteiger partial charge in [-0.05, 0) is 47.9 Å². The minimum absolute atomic E-state index is 0.230. The molecule has 0 atom stereocenters. The summed E-state index contributed by atoms with van der Waals surface area (Å²) in [5.74, 6) is -0.230. The molecule has 1 heterocycles. The molecule has 1 N–H and O–H groups in total. The summed E-state index contributed by atoms with van der Waals surface area (Å²) in [7, 11) is 0. The smallest absolute Gasteiger partial charge is 0.271 e. The minimum Gasteiger partial charge on any atom is -0.309 e. The van der Waals surface area contributed by atoms with E-state index in [1.165, 1.54) is 0 Å². The molecule has 0 bridgehead atoms. The highest BCUT2D eigenvalue weighted by atomic mass is 16.2. The first-order valence-corrected chi connectivity index (χ1v) is 11.5. The number of benzene rings is 4. The summed E-state index contributed by atoms with van der Waals surface area (Å²) in [6.07, 6.45) is 1.73. The number of amides is 1. The highest BCUT2D eigenvalue weighted by Gasteiger charge is 2.18. The van der Waals surface area contributed by atoms with Gasteiger partial charge in [0.25, 0.3) is 5.91 Å². The molecule has 0 spiro atoms. The first-order valence-electron chi connectivity index (χ1n) is 11.5. The molecule has 0 aliphatic rings. The standard InChI is InChI=1S/C31H25N3O/c1-23-13-11-12-20-28(23)31(35)33-32-22-26-21-29(24-14-5-2-6-15-24)34(27-18-9-4-10-19-27)30(26)25-16-7-3-8-17-25/h2-22H,1H3,(H,33,35)/b32-22+. The molecule has 1 amide bonds. The molecule has 170 valence electrons. The van der Waals surface area contributed by atoms with E-state index < -0.39 is 0 Å². The number of hydrogen-bond acceptors (Lipinski definition) is 2. The number of hydrogen-bond donors (Lipinski definition) is 1. The van der Waals surface area contributed by atoms with Crippen molar-refractivity contribution in [3.05, 3.63) is 138 Å². The zero-order valence-corrected chi connectivity index (χ0v) is 19.4. The predicted octanol–water partition coefficient (Wildman–Crippen LogP) is 6.88. The summed E-state index contributed by atoms with van der Waals surface area (Å²) in [6, 6.07) is 40.4. The summed E-state index contributed by atoms with van der Waals surface area (Å²) < 4.78 is 2.25. The fraction of sp³-hybridized carbons (Fsp3) is 0.0323. The molecule has 0 saturated carbocycles. The second-order valence-electron chi connectivity index (χ2n) is 8.25. The van der Waals surface area contributed by atoms with Crippen LogP contribution in [0.2, 0.25) is 0 Å². The normalized spacial score (nSPS) is 11.0. The van der Waals surface area contributed by atoms with E-state index in [-0.39, 0.29) is 5.91 Å². The second kappa shape index (κ2) is 10.1. The first kappa shape index (κ1) is 22.1. The summed E-state index contributed by atoms with van der Waals surface area (Å²) >= 11 is 0. The van der Waals surface area contributed by atoms with Crippen molar-refractivity contribution in [2.75, 3.05) is 0 Å². The van der Waals surface area contributed by atoms with Gasteiger partial charge in [-0.1, -0.05) is 97.1 Å². The van der Waals surface area contributed by atoms with E-state index in [1.807, 2.05) is 79.7 Å². The van der Waals surface area contributed by atoms with Gasteiger partial charge >= 0.3 is 0 Å². The van der Waals surface area contributed by atoms with Crippen LogP contribution in [0.5, 0.6) is 0 Å². The zero-order valence-electron chi connectivity index (χ0n) is 19.4. The Morgan fingerprint density at radius 1 is 0.743 bits per heavy atom. The van der Waals surface area contributed by atoms with Crippen molar-refractivity contribution >= 4 is 12.1 Å². The molecular weight excluding hydrogens is 430 g/mol. The average molecular weight is 456 g/mol. The maximum atomic E-state index is 12.7. The number of aryl methyl sites for hydroxylation is 1. The first-order chi connectivity index (χ1) is 17.2. The zero-order chi connectivity index (χ0) is 24.0. The molecule has 4 aromatic carbocycles. The Bertz CT molecular complexity index is 1470. The van der Waals surface area contributed by atoms with Crippen molar-refractivity contribution in [3.8, 4) is 28.2 Å². The molecule has 0 unspecified atom stereocenters. The Balaban J connectivity index is 1.63. The predicted molar refractivity (Wildman–Crippen MR) is 143 cm³/mol. The molecule has 4 heteroatoms. The molecule has 4 nitrogen and oxygen atoms in total. The van der Waals surface area contributed by atoms with Crippen LogP contribution in [0, 0.1) is 6.92 Å². The van der Waals surface area contributed by atoms with Crippen LogP contribution in [0.3, 0.4) is 0 Å². The molecular formula is C31H25N3O. The number of carbonyl (C=O) groups excluding carboxylic acids is 1. The van der Waals surface area contributed by atoms with Crippen LogP contribution in [0.15, 0.2) is 126 Å². The topological polar surface area (TPSA) is 46.4 Å². The van der Waals surface area contributed by atoms with Crippen LogP contribution in [0.25, 0.3) is 28.2 Å². The van der Waals surface area contributed by atoms with Gasteiger partial charge in [-0.2, -0.15) is 5.10 Å². The Morgan fingerprint density at radius 2 is 1.31 bits per heavy atom. The van der Waals surface area contributed by atoms with Gasteiger partial charge in [0.05, 0.1) is 17.6 Å². The lowest BCUT2D eigenvalue weighted by Crippen LogP contribution is -2.18. The quantitative estimate of drug-likeness (QED) is 0.220. The Morgan fingerprint density at radius 3 is 1.97 bits per heavy atom. The summed E-state index contributed by atoms with van der Waals surface area (Å²) in [5, 5.41) is 4.35. The van der Waals surface area contributed by atoms with Crippen LogP contribution in [0.4, 0.5) is 0 Å². The Kier molecular flexibility index (Phi) is 6.35. The molecule has 0 aliphatic carbocycles. The average Bonchev–Trinajstić information content (AvgIpc) is 3.30. The number of aromatic nitrogens is 1. The maximum Gasteiger partial charge on any atom is 0.271 e. The fourth-order valence-electron chi connectivity index (χ4n) is 4.23. The molecule has 5 aromatic rings. The number of para-hydroxylation sites is 1. The van der Waals surface area contributed by atoms with Crippen LogP contribution in [-0.4, -0.2) is 16.7 Å². The lowest BCUT2D eigenvalue weighted by atomic mass is 10.1. The van der Waals surface area contributed by atoms with E-state index in [2.05, 4.69) is 57.6 Å². The Labute approximate surface area is 205 Å². The summed E-state index contributed by atoms with van der Waals surface area (Å²) in [4.78, 5) is 12.7. The molecule has 0 fully saturated rings. The van der Waals surface area contributed by atoms with Crippen molar-refractivity contribution in [2.24, 2.45) is 5.10 Å². The number of nitrogens with zero attached hydrogens (tertiary/aromatic N) is 2. The maximum absolute atomic E-state index is 12.7. The third-order valence-corrected chi connectivity index (χ3v) is 5.92. The van der Waals surface area contributed by atoms with Crippen molar-refractivity contribution in [2.45, 2.75) is 6.92 Å². The van der Waals surface area contributed by atoms with Crippen LogP contribution in [0.1, 0.15) is 21.5 Å². The third-order valence-electron chi connectivity index (χ3n) is 5.92. The fourth-order valence-corrected chi connectivity index (χ4v) is 4.23. The summed E-state index contributed by atoms with van der Waals surface area (Å²) in [5.41, 5.74) is 10.4. The highest BCUT2D eigenvalue weighted by molar-refractivity contribution is 5.97. The van der Waals surface area contributed by atoms with E-state index >= 15 is 0 Å². The third kappa shape index (κ3) is 4.68. The molecule has 1 aromatic heterocycles. The van der Waals surface area contributed by atoms with Gasteiger partial charge in [0.15, 0.2) is 0 Å². The Hall–Kier alpha value is -4.70. The SMILES string of the molecule is Cc1ccccc1C(=O)N/N=C/c1cc(-c2ccccc2)n(-c2ccccc2)c1-c1ccccc1. The largest absolute Gasteiger partial charge is 0.309 e. The minimum atomic E-state index is -0.230. The van der Waals surface area contributed by atoms with Crippen molar-refractivity contribution in [1.29, 1.82) is 0 Å². The lowest BCUT2D eigenvalue weighted by molar-refractivity contribution is 0.0954. The van der Waals surface area contributed by atoms with E-state index in [9.17, 15) is 4.79 Å². The van der Waals surface area contributed by atoms with Crippen LogP contribution >= 0.6 is 0 Å². The van der Waals surface area contributed by atoms with Crippen molar-refractivity contribution in [1.82, 2.24) is 9.99 Å². The number of rotatable bonds is 6. The van der Waals surface area contributed by atoms with Crippen molar-refractivity contribution < 1.29 is 4.79 Å². The van der Waals surface area contributed by atoms with Gasteiger partial charge in [-0.25, -0.2) is 5.43 Å². The lowest BCUT2D eigenvalue weighted by Gasteiger charge is -2.15. The van der Waals surface area contributed by atoms with E-state index in [0.717, 1.165) is 39.3 Å². The molecule has 5 rings (SSSR count). The van der Waals surface area contributed by atoms with Gasteiger partial charge in [0.1, 0.15) is 0 Å². The number of hydrazone groups is 1. The van der Waals surface area contributed by atoms with Crippen molar-refractivity contribution in [3.63, 3.8) is 0 Å². The monoisotopic (exact) mass is 455 g/mol. The van der Waals surface area contributed by atoms with E-state index in [0.29, 0.717) is 5.56 Å². The number of carbonyl (C=O) groups is 1. The highest BCUT2D eigenvalue weighted by Crippen LogP contribution is 2.35. The van der Waals surface area contributed by atoms with E-state index in [4.69, 9.17) is 0 Å². The molecule has 0 radical (unpaired) electrons. The molecule has 0 saturated heterocycles. The van der Waals surface area contributed by atoms with Crippen LogP contribution in [-0.2, 0) is 0 Å². The van der Waals surface area contributed by atoms with E-state index in [1.54, 1.807) is 12.3 Å². The molecule has 0 aliphatic heterocycles. The van der Waals surface area contributed by atoms with Gasteiger partial charge in [0, 0.05) is 16.8 Å². The summed E-state index contributed by atoms with van der Waals surface area (Å²) in [6.45, 7) is 1.91.